The Labute approximate surface area is 99.5 Å². The molecule has 0 aliphatic carbocycles. The van der Waals surface area contributed by atoms with Gasteiger partial charge in [-0.05, 0) is 30.7 Å². The quantitative estimate of drug-likeness (QED) is 0.738. The van der Waals surface area contributed by atoms with E-state index in [1.807, 2.05) is 0 Å². The van der Waals surface area contributed by atoms with Crippen LogP contribution in [0.3, 0.4) is 0 Å². The first-order valence-corrected chi connectivity index (χ1v) is 5.74. The summed E-state index contributed by atoms with van der Waals surface area (Å²) >= 11 is 0. The molecule has 0 amide bonds. The Bertz CT molecular complexity index is 369. The molecule has 1 aliphatic heterocycles. The Balaban J connectivity index is 1.75. The lowest BCUT2D eigenvalue weighted by atomic mass is 10.1. The van der Waals surface area contributed by atoms with Gasteiger partial charge in [-0.15, -0.1) is 0 Å². The molecule has 1 heterocycles. The number of hydrogen-bond acceptors (Lipinski definition) is 3. The number of halogens is 1. The van der Waals surface area contributed by atoms with Gasteiger partial charge in [-0.3, -0.25) is 4.79 Å². The van der Waals surface area contributed by atoms with Crippen LogP contribution in [0.25, 0.3) is 0 Å². The average Bonchev–Trinajstić information content (AvgIpc) is 2.83. The first kappa shape index (κ1) is 12.2. The van der Waals surface area contributed by atoms with E-state index in [0.717, 1.165) is 13.0 Å². The number of ketones is 1. The van der Waals surface area contributed by atoms with Crippen molar-refractivity contribution < 1.29 is 18.7 Å². The lowest BCUT2D eigenvalue weighted by Gasteiger charge is -2.08. The number of hydrogen-bond donors (Lipinski definition) is 0. The van der Waals surface area contributed by atoms with Gasteiger partial charge in [0.2, 0.25) is 0 Å². The molecule has 0 aromatic heterocycles. The molecule has 0 radical (unpaired) electrons. The van der Waals surface area contributed by atoms with Gasteiger partial charge in [-0.25, -0.2) is 4.39 Å². The minimum Gasteiger partial charge on any atom is -0.379 e. The largest absolute Gasteiger partial charge is 0.379 e. The molecule has 17 heavy (non-hydrogen) atoms. The van der Waals surface area contributed by atoms with Crippen LogP contribution in [0.2, 0.25) is 0 Å². The predicted molar refractivity (Wildman–Crippen MR) is 60.5 cm³/mol. The SMILES string of the molecule is O=C(CCOC1CCOC1)c1ccc(F)cc1. The van der Waals surface area contributed by atoms with Gasteiger partial charge < -0.3 is 9.47 Å². The maximum Gasteiger partial charge on any atom is 0.165 e. The highest BCUT2D eigenvalue weighted by Gasteiger charge is 2.16. The van der Waals surface area contributed by atoms with E-state index in [-0.39, 0.29) is 17.7 Å². The molecule has 0 bridgehead atoms. The third kappa shape index (κ3) is 3.61. The third-order valence-electron chi connectivity index (χ3n) is 2.74. The van der Waals surface area contributed by atoms with E-state index in [0.29, 0.717) is 25.2 Å². The summed E-state index contributed by atoms with van der Waals surface area (Å²) in [7, 11) is 0. The molecule has 92 valence electrons. The summed E-state index contributed by atoms with van der Waals surface area (Å²) in [4.78, 5) is 11.7. The van der Waals surface area contributed by atoms with Crippen LogP contribution in [-0.2, 0) is 9.47 Å². The van der Waals surface area contributed by atoms with Gasteiger partial charge in [-0.1, -0.05) is 0 Å². The molecule has 3 nitrogen and oxygen atoms in total. The monoisotopic (exact) mass is 238 g/mol. The molecule has 1 aromatic rings. The first-order chi connectivity index (χ1) is 8.25. The summed E-state index contributed by atoms with van der Waals surface area (Å²) < 4.78 is 23.3. The molecule has 0 saturated carbocycles. The summed E-state index contributed by atoms with van der Waals surface area (Å²) in [6.07, 6.45) is 1.34. The van der Waals surface area contributed by atoms with E-state index >= 15 is 0 Å². The number of carbonyl (C=O) groups is 1. The molecule has 1 aromatic carbocycles. The number of carbonyl (C=O) groups excluding carboxylic acids is 1. The molecule has 0 spiro atoms. The van der Waals surface area contributed by atoms with Crippen molar-refractivity contribution in [3.05, 3.63) is 35.6 Å². The zero-order valence-corrected chi connectivity index (χ0v) is 9.52. The average molecular weight is 238 g/mol. The van der Waals surface area contributed by atoms with Crippen molar-refractivity contribution in [1.82, 2.24) is 0 Å². The fraction of sp³-hybridized carbons (Fsp3) is 0.462. The van der Waals surface area contributed by atoms with Crippen LogP contribution in [0, 0.1) is 5.82 Å². The zero-order chi connectivity index (χ0) is 12.1. The highest BCUT2D eigenvalue weighted by atomic mass is 19.1. The number of benzene rings is 1. The third-order valence-corrected chi connectivity index (χ3v) is 2.74. The van der Waals surface area contributed by atoms with Crippen molar-refractivity contribution in [1.29, 1.82) is 0 Å². The minimum absolute atomic E-state index is 0.0242. The fourth-order valence-corrected chi connectivity index (χ4v) is 1.74. The molecular weight excluding hydrogens is 223 g/mol. The Morgan fingerprint density at radius 2 is 2.18 bits per heavy atom. The van der Waals surface area contributed by atoms with Crippen LogP contribution < -0.4 is 0 Å². The Morgan fingerprint density at radius 1 is 1.41 bits per heavy atom. The standard InChI is InChI=1S/C13H15FO3/c14-11-3-1-10(2-4-11)13(15)6-8-17-12-5-7-16-9-12/h1-4,12H,5-9H2. The molecule has 2 rings (SSSR count). The number of Topliss-reactive ketones (excluding diaryl/α,β-unsaturated/α-hetero) is 1. The van der Waals surface area contributed by atoms with Crippen molar-refractivity contribution >= 4 is 5.78 Å². The number of ether oxygens (including phenoxy) is 2. The summed E-state index contributed by atoms with van der Waals surface area (Å²) in [6, 6.07) is 5.57. The van der Waals surface area contributed by atoms with Gasteiger partial charge in [-0.2, -0.15) is 0 Å². The minimum atomic E-state index is -0.332. The fourth-order valence-electron chi connectivity index (χ4n) is 1.74. The summed E-state index contributed by atoms with van der Waals surface area (Å²) in [5.41, 5.74) is 0.526. The van der Waals surface area contributed by atoms with Gasteiger partial charge in [0.05, 0.1) is 19.3 Å². The van der Waals surface area contributed by atoms with Gasteiger partial charge in [0.25, 0.3) is 0 Å². The normalized spacial score (nSPS) is 19.5. The van der Waals surface area contributed by atoms with Crippen molar-refractivity contribution in [2.24, 2.45) is 0 Å². The topological polar surface area (TPSA) is 35.5 Å². The van der Waals surface area contributed by atoms with E-state index < -0.39 is 0 Å². The lowest BCUT2D eigenvalue weighted by Crippen LogP contribution is -2.15. The zero-order valence-electron chi connectivity index (χ0n) is 9.52. The molecule has 4 heteroatoms. The lowest BCUT2D eigenvalue weighted by molar-refractivity contribution is 0.0402. The van der Waals surface area contributed by atoms with Crippen LogP contribution in [0.5, 0.6) is 0 Å². The molecule has 1 unspecified atom stereocenters. The highest BCUT2D eigenvalue weighted by Crippen LogP contribution is 2.10. The molecule has 1 saturated heterocycles. The highest BCUT2D eigenvalue weighted by molar-refractivity contribution is 5.96. The summed E-state index contributed by atoms with van der Waals surface area (Å²) in [5, 5.41) is 0. The van der Waals surface area contributed by atoms with E-state index in [1.165, 1.54) is 24.3 Å². The Hall–Kier alpha value is -1.26. The molecule has 0 N–H and O–H groups in total. The van der Waals surface area contributed by atoms with Crippen molar-refractivity contribution in [2.75, 3.05) is 19.8 Å². The molecule has 1 aliphatic rings. The van der Waals surface area contributed by atoms with Gasteiger partial charge >= 0.3 is 0 Å². The smallest absolute Gasteiger partial charge is 0.165 e. The molecule has 1 fully saturated rings. The van der Waals surface area contributed by atoms with Gasteiger partial charge in [0, 0.05) is 18.6 Å². The van der Waals surface area contributed by atoms with Crippen molar-refractivity contribution in [3.63, 3.8) is 0 Å². The molecule has 1 atom stereocenters. The van der Waals surface area contributed by atoms with E-state index in [1.54, 1.807) is 0 Å². The van der Waals surface area contributed by atoms with Crippen molar-refractivity contribution in [3.8, 4) is 0 Å². The van der Waals surface area contributed by atoms with Crippen LogP contribution in [-0.4, -0.2) is 31.7 Å². The predicted octanol–water partition coefficient (Wildman–Crippen LogP) is 2.20. The van der Waals surface area contributed by atoms with Crippen LogP contribution in [0.1, 0.15) is 23.2 Å². The second-order valence-corrected chi connectivity index (χ2v) is 4.04. The molecular formula is C13H15FO3. The maximum absolute atomic E-state index is 12.7. The Kier molecular flexibility index (Phi) is 4.23. The van der Waals surface area contributed by atoms with E-state index in [4.69, 9.17) is 9.47 Å². The van der Waals surface area contributed by atoms with Gasteiger partial charge in [0.1, 0.15) is 5.82 Å². The van der Waals surface area contributed by atoms with Crippen molar-refractivity contribution in [2.45, 2.75) is 18.9 Å². The second-order valence-electron chi connectivity index (χ2n) is 4.04. The van der Waals surface area contributed by atoms with E-state index in [9.17, 15) is 9.18 Å². The Morgan fingerprint density at radius 3 is 2.82 bits per heavy atom. The number of rotatable bonds is 5. The summed E-state index contributed by atoms with van der Waals surface area (Å²) in [6.45, 7) is 1.74. The maximum atomic E-state index is 12.7. The second kappa shape index (κ2) is 5.89. The summed E-state index contributed by atoms with van der Waals surface area (Å²) in [5.74, 6) is -0.357. The van der Waals surface area contributed by atoms with E-state index in [2.05, 4.69) is 0 Å². The van der Waals surface area contributed by atoms with Gasteiger partial charge in [0.15, 0.2) is 5.78 Å². The van der Waals surface area contributed by atoms with Crippen LogP contribution in [0.15, 0.2) is 24.3 Å². The van der Waals surface area contributed by atoms with Crippen LogP contribution in [0.4, 0.5) is 4.39 Å². The van der Waals surface area contributed by atoms with Crippen LogP contribution >= 0.6 is 0 Å². The first-order valence-electron chi connectivity index (χ1n) is 5.74.